The number of carboxylic acids is 1. The molecule has 1 aromatic carbocycles. The Hall–Kier alpha value is -3.16. The molecule has 3 aromatic rings. The van der Waals surface area contributed by atoms with Gasteiger partial charge in [-0.05, 0) is 43.5 Å². The minimum Gasteiger partial charge on any atom is -0.478 e. The van der Waals surface area contributed by atoms with Crippen LogP contribution in [-0.2, 0) is 0 Å². The molecule has 0 bridgehead atoms. The summed E-state index contributed by atoms with van der Waals surface area (Å²) in [6.07, 6.45) is 7.81. The van der Waals surface area contributed by atoms with E-state index in [0.29, 0.717) is 17.6 Å². The van der Waals surface area contributed by atoms with Gasteiger partial charge in [-0.25, -0.2) is 9.78 Å². The van der Waals surface area contributed by atoms with Crippen molar-refractivity contribution in [2.24, 2.45) is 0 Å². The number of rotatable bonds is 5. The number of nitrogens with one attached hydrogen (secondary N) is 4. The number of aromatic carboxylic acids is 1. The van der Waals surface area contributed by atoms with E-state index in [4.69, 9.17) is 5.11 Å². The highest BCUT2D eigenvalue weighted by molar-refractivity contribution is 5.89. The summed E-state index contributed by atoms with van der Waals surface area (Å²) in [5, 5.41) is 15.9. The maximum Gasteiger partial charge on any atom is 0.335 e. The molecule has 0 spiro atoms. The molecule has 8 heteroatoms. The summed E-state index contributed by atoms with van der Waals surface area (Å²) < 4.78 is 0. The number of aromatic nitrogens is 4. The standard InChI is InChI=1S/C19H22N6O2/c1-11-9-12(18(26)27)7-8-14(11)23-19-24-16-15(20-10-21-16)17(25-19)22-13-5-3-2-4-6-13/h7-10,13H,2-6H2,1H3,(H,26,27)(H3,20,21,22,23,24,25)/p+1. The summed E-state index contributed by atoms with van der Waals surface area (Å²) in [6.45, 7) is 1.86. The molecule has 8 nitrogen and oxygen atoms in total. The van der Waals surface area contributed by atoms with Gasteiger partial charge >= 0.3 is 17.6 Å². The van der Waals surface area contributed by atoms with E-state index in [1.54, 1.807) is 24.5 Å². The van der Waals surface area contributed by atoms with Gasteiger partial charge in [0.2, 0.25) is 5.52 Å². The molecule has 1 fully saturated rings. The van der Waals surface area contributed by atoms with Crippen LogP contribution < -0.4 is 15.6 Å². The lowest BCUT2D eigenvalue weighted by Gasteiger charge is -2.23. The Morgan fingerprint density at radius 2 is 2.07 bits per heavy atom. The second-order valence-electron chi connectivity index (χ2n) is 6.99. The molecule has 1 aliphatic carbocycles. The highest BCUT2D eigenvalue weighted by Crippen LogP contribution is 2.26. The molecule has 5 N–H and O–H groups in total. The number of hydrogen-bond donors (Lipinski definition) is 4. The predicted octanol–water partition coefficient (Wildman–Crippen LogP) is 3.27. The maximum atomic E-state index is 11.1. The van der Waals surface area contributed by atoms with E-state index in [1.807, 2.05) is 6.92 Å². The molecule has 27 heavy (non-hydrogen) atoms. The number of fused-ring (bicyclic) bond motifs is 1. The Morgan fingerprint density at radius 1 is 1.26 bits per heavy atom. The average molecular weight is 367 g/mol. The van der Waals surface area contributed by atoms with E-state index in [2.05, 4.69) is 30.6 Å². The fraction of sp³-hybridized carbons (Fsp3) is 0.368. The molecule has 2 aromatic heterocycles. The van der Waals surface area contributed by atoms with Gasteiger partial charge in [0, 0.05) is 11.7 Å². The first kappa shape index (κ1) is 17.3. The van der Waals surface area contributed by atoms with Gasteiger partial charge in [-0.3, -0.25) is 4.98 Å². The number of nitrogens with zero attached hydrogens (tertiary/aromatic N) is 2. The Balaban J connectivity index is 1.63. The van der Waals surface area contributed by atoms with Crippen LogP contribution in [0.15, 0.2) is 24.5 Å². The zero-order valence-corrected chi connectivity index (χ0v) is 15.2. The van der Waals surface area contributed by atoms with Gasteiger partial charge in [-0.1, -0.05) is 24.2 Å². The Bertz CT molecular complexity index is 977. The van der Waals surface area contributed by atoms with Gasteiger partial charge in [0.1, 0.15) is 0 Å². The van der Waals surface area contributed by atoms with Crippen LogP contribution in [-0.4, -0.2) is 32.1 Å². The van der Waals surface area contributed by atoms with Crippen molar-refractivity contribution >= 4 is 34.6 Å². The fourth-order valence-corrected chi connectivity index (χ4v) is 3.54. The third-order valence-electron chi connectivity index (χ3n) is 5.00. The molecule has 2 heterocycles. The van der Waals surface area contributed by atoms with Crippen molar-refractivity contribution in [1.82, 2.24) is 15.0 Å². The average Bonchev–Trinajstić information content (AvgIpc) is 3.13. The normalized spacial score (nSPS) is 15.0. The molecule has 140 valence electrons. The first-order valence-electron chi connectivity index (χ1n) is 9.24. The number of benzene rings is 1. The lowest BCUT2D eigenvalue weighted by atomic mass is 9.95. The van der Waals surface area contributed by atoms with Gasteiger partial charge in [0.25, 0.3) is 0 Å². The van der Waals surface area contributed by atoms with Crippen molar-refractivity contribution in [2.45, 2.75) is 45.1 Å². The number of carbonyl (C=O) groups is 1. The quantitative estimate of drug-likeness (QED) is 0.550. The third-order valence-corrected chi connectivity index (χ3v) is 5.00. The molecule has 0 saturated heterocycles. The molecule has 0 radical (unpaired) electrons. The van der Waals surface area contributed by atoms with Crippen molar-refractivity contribution in [2.75, 3.05) is 10.6 Å². The van der Waals surface area contributed by atoms with Crippen molar-refractivity contribution in [1.29, 1.82) is 0 Å². The fourth-order valence-electron chi connectivity index (χ4n) is 3.54. The molecular weight excluding hydrogens is 344 g/mol. The number of hydrogen-bond acceptors (Lipinski definition) is 5. The molecule has 4 rings (SSSR count). The third kappa shape index (κ3) is 3.69. The summed E-state index contributed by atoms with van der Waals surface area (Å²) in [6, 6.07) is 5.36. The number of aryl methyl sites for hydroxylation is 1. The van der Waals surface area contributed by atoms with E-state index >= 15 is 0 Å². The molecule has 1 aliphatic rings. The molecule has 0 aliphatic heterocycles. The molecular formula is C19H23N6O2+. The summed E-state index contributed by atoms with van der Waals surface area (Å²) in [5.74, 6) is 0.293. The first-order chi connectivity index (χ1) is 13.1. The van der Waals surface area contributed by atoms with Gasteiger partial charge < -0.3 is 15.7 Å². The highest BCUT2D eigenvalue weighted by Gasteiger charge is 2.20. The summed E-state index contributed by atoms with van der Waals surface area (Å²) in [7, 11) is 0. The lowest BCUT2D eigenvalue weighted by molar-refractivity contribution is -0.347. The summed E-state index contributed by atoms with van der Waals surface area (Å²) in [4.78, 5) is 26.6. The van der Waals surface area contributed by atoms with E-state index in [-0.39, 0.29) is 5.56 Å². The molecule has 1 saturated carbocycles. The Kier molecular flexibility index (Phi) is 4.62. The van der Waals surface area contributed by atoms with Gasteiger partial charge in [-0.2, -0.15) is 4.98 Å². The van der Waals surface area contributed by atoms with Crippen LogP contribution >= 0.6 is 0 Å². The Morgan fingerprint density at radius 3 is 2.81 bits per heavy atom. The minimum absolute atomic E-state index is 0.257. The largest absolute Gasteiger partial charge is 0.478 e. The van der Waals surface area contributed by atoms with Gasteiger partial charge in [0.15, 0.2) is 12.1 Å². The number of anilines is 3. The topological polar surface area (TPSA) is 117 Å². The molecule has 0 unspecified atom stereocenters. The van der Waals surface area contributed by atoms with E-state index in [1.165, 1.54) is 19.3 Å². The summed E-state index contributed by atoms with van der Waals surface area (Å²) >= 11 is 0. The van der Waals surface area contributed by atoms with Gasteiger partial charge in [0.05, 0.1) is 5.56 Å². The number of imidazole rings is 1. The second-order valence-corrected chi connectivity index (χ2v) is 6.99. The molecule has 0 atom stereocenters. The Labute approximate surface area is 156 Å². The minimum atomic E-state index is -0.941. The van der Waals surface area contributed by atoms with E-state index in [0.717, 1.165) is 35.4 Å². The van der Waals surface area contributed by atoms with E-state index in [9.17, 15) is 4.79 Å². The SMILES string of the molecule is Cc1cc(C(=O)O)ccc1Nc1nc(NC2CCCCC2)c2[nH]c[nH+]c2n1. The molecule has 0 amide bonds. The van der Waals surface area contributed by atoms with E-state index < -0.39 is 5.97 Å². The monoisotopic (exact) mass is 367 g/mol. The van der Waals surface area contributed by atoms with Crippen LogP contribution in [0.25, 0.3) is 11.2 Å². The second kappa shape index (κ2) is 7.22. The van der Waals surface area contributed by atoms with Crippen LogP contribution in [0, 0.1) is 6.92 Å². The van der Waals surface area contributed by atoms with Crippen molar-refractivity contribution in [3.05, 3.63) is 35.7 Å². The van der Waals surface area contributed by atoms with Crippen molar-refractivity contribution in [3.8, 4) is 0 Å². The summed E-state index contributed by atoms with van der Waals surface area (Å²) in [5.41, 5.74) is 3.42. The first-order valence-corrected chi connectivity index (χ1v) is 9.24. The predicted molar refractivity (Wildman–Crippen MR) is 102 cm³/mol. The number of aromatic amines is 2. The number of H-pyrrole nitrogens is 2. The van der Waals surface area contributed by atoms with Crippen LogP contribution in [0.2, 0.25) is 0 Å². The van der Waals surface area contributed by atoms with Crippen LogP contribution in [0.3, 0.4) is 0 Å². The zero-order chi connectivity index (χ0) is 18.8. The zero-order valence-electron chi connectivity index (χ0n) is 15.2. The lowest BCUT2D eigenvalue weighted by Crippen LogP contribution is -2.23. The van der Waals surface area contributed by atoms with Crippen molar-refractivity contribution in [3.63, 3.8) is 0 Å². The van der Waals surface area contributed by atoms with Crippen LogP contribution in [0.5, 0.6) is 0 Å². The smallest absolute Gasteiger partial charge is 0.335 e. The number of carboxylic acid groups (broad SMARTS) is 1. The van der Waals surface area contributed by atoms with Crippen LogP contribution in [0.1, 0.15) is 48.0 Å². The van der Waals surface area contributed by atoms with Gasteiger partial charge in [-0.15, -0.1) is 0 Å². The maximum absolute atomic E-state index is 11.1. The van der Waals surface area contributed by atoms with Crippen LogP contribution in [0.4, 0.5) is 17.5 Å². The van der Waals surface area contributed by atoms with Crippen molar-refractivity contribution < 1.29 is 14.9 Å². The highest BCUT2D eigenvalue weighted by atomic mass is 16.4.